The summed E-state index contributed by atoms with van der Waals surface area (Å²) in [5, 5.41) is 11.0. The number of aromatic nitrogens is 3. The van der Waals surface area contributed by atoms with Crippen LogP contribution in [0.4, 0.5) is 0 Å². The molecule has 0 spiro atoms. The summed E-state index contributed by atoms with van der Waals surface area (Å²) in [6, 6.07) is 5.06. The van der Waals surface area contributed by atoms with E-state index < -0.39 is 0 Å². The van der Waals surface area contributed by atoms with Gasteiger partial charge in [-0.15, -0.1) is 0 Å². The number of benzene rings is 1. The molecule has 1 aliphatic heterocycles. The molecule has 20 heavy (non-hydrogen) atoms. The van der Waals surface area contributed by atoms with Crippen molar-refractivity contribution in [3.63, 3.8) is 0 Å². The number of hydrogen-bond donors (Lipinski definition) is 2. The van der Waals surface area contributed by atoms with E-state index in [1.165, 1.54) is 0 Å². The molecule has 1 aliphatic rings. The van der Waals surface area contributed by atoms with Gasteiger partial charge in [-0.1, -0.05) is 23.2 Å². The van der Waals surface area contributed by atoms with Gasteiger partial charge in [-0.3, -0.25) is 0 Å². The lowest BCUT2D eigenvalue weighted by molar-refractivity contribution is 0.442. The smallest absolute Gasteiger partial charge is 0.316 e. The summed E-state index contributed by atoms with van der Waals surface area (Å²) in [6.07, 6.45) is 2.08. The number of aromatic amines is 1. The fourth-order valence-corrected chi connectivity index (χ4v) is 3.09. The highest BCUT2D eigenvalue weighted by molar-refractivity contribution is 6.34. The molecule has 2 aromatic rings. The molecule has 2 N–H and O–H groups in total. The van der Waals surface area contributed by atoms with Gasteiger partial charge in [0, 0.05) is 22.5 Å². The molecule has 1 unspecified atom stereocenters. The topological polar surface area (TPSA) is 62.7 Å². The summed E-state index contributed by atoms with van der Waals surface area (Å²) in [5.41, 5.74) is 0.366. The van der Waals surface area contributed by atoms with Gasteiger partial charge in [0.25, 0.3) is 0 Å². The van der Waals surface area contributed by atoms with E-state index in [1.807, 2.05) is 0 Å². The van der Waals surface area contributed by atoms with E-state index in [2.05, 4.69) is 15.5 Å². The number of halogens is 2. The number of H-pyrrole nitrogens is 1. The molecule has 106 valence electrons. The minimum absolute atomic E-state index is 0.209. The van der Waals surface area contributed by atoms with Gasteiger partial charge in [0.05, 0.1) is 5.69 Å². The molecule has 0 aliphatic carbocycles. The largest absolute Gasteiger partial charge is 0.347 e. The third-order valence-corrected chi connectivity index (χ3v) is 3.90. The van der Waals surface area contributed by atoms with E-state index in [-0.39, 0.29) is 11.6 Å². The quantitative estimate of drug-likeness (QED) is 0.894. The van der Waals surface area contributed by atoms with E-state index >= 15 is 0 Å². The fourth-order valence-electron chi connectivity index (χ4n) is 2.57. The number of nitrogens with zero attached hydrogens (tertiary/aromatic N) is 2. The van der Waals surface area contributed by atoms with Gasteiger partial charge < -0.3 is 5.32 Å². The van der Waals surface area contributed by atoms with Crippen molar-refractivity contribution in [2.75, 3.05) is 13.1 Å². The van der Waals surface area contributed by atoms with Crippen LogP contribution in [-0.2, 0) is 0 Å². The van der Waals surface area contributed by atoms with Gasteiger partial charge in [0.15, 0.2) is 0 Å². The van der Waals surface area contributed by atoms with Crippen LogP contribution in [0.2, 0.25) is 10.0 Å². The van der Waals surface area contributed by atoms with Gasteiger partial charge in [-0.2, -0.15) is 5.10 Å². The van der Waals surface area contributed by atoms with Crippen molar-refractivity contribution in [3.8, 4) is 5.69 Å². The average molecular weight is 313 g/mol. The first-order chi connectivity index (χ1) is 9.65. The molecular formula is C13H14Cl2N4O. The van der Waals surface area contributed by atoms with Crippen molar-refractivity contribution in [1.82, 2.24) is 20.1 Å². The van der Waals surface area contributed by atoms with Crippen LogP contribution >= 0.6 is 23.2 Å². The first-order valence-electron chi connectivity index (χ1n) is 6.49. The van der Waals surface area contributed by atoms with Crippen LogP contribution in [0.15, 0.2) is 23.0 Å². The maximum absolute atomic E-state index is 12.0. The van der Waals surface area contributed by atoms with E-state index in [4.69, 9.17) is 23.2 Å². The van der Waals surface area contributed by atoms with Crippen molar-refractivity contribution in [2.45, 2.75) is 18.8 Å². The maximum Gasteiger partial charge on any atom is 0.347 e. The maximum atomic E-state index is 12.0. The third-order valence-electron chi connectivity index (χ3n) is 3.47. The molecule has 1 saturated heterocycles. The van der Waals surface area contributed by atoms with E-state index in [0.717, 1.165) is 31.8 Å². The predicted octanol–water partition coefficient (Wildman–Crippen LogP) is 2.33. The number of nitrogens with one attached hydrogen (secondary N) is 2. The molecule has 0 radical (unpaired) electrons. The number of rotatable bonds is 2. The van der Waals surface area contributed by atoms with Crippen LogP contribution < -0.4 is 11.0 Å². The van der Waals surface area contributed by atoms with Gasteiger partial charge in [0.2, 0.25) is 0 Å². The van der Waals surface area contributed by atoms with Crippen molar-refractivity contribution in [1.29, 1.82) is 0 Å². The molecule has 0 saturated carbocycles. The molecule has 3 rings (SSSR count). The fraction of sp³-hybridized carbons (Fsp3) is 0.385. The second-order valence-electron chi connectivity index (χ2n) is 4.89. The normalized spacial score (nSPS) is 19.2. The Hall–Kier alpha value is -1.30. The lowest BCUT2D eigenvalue weighted by atomic mass is 9.99. The van der Waals surface area contributed by atoms with Gasteiger partial charge in [0.1, 0.15) is 5.82 Å². The monoisotopic (exact) mass is 312 g/mol. The van der Waals surface area contributed by atoms with Crippen LogP contribution in [0.3, 0.4) is 0 Å². The summed E-state index contributed by atoms with van der Waals surface area (Å²) in [5.74, 6) is 0.931. The van der Waals surface area contributed by atoms with Crippen LogP contribution in [0.5, 0.6) is 0 Å². The molecule has 1 aromatic heterocycles. The molecule has 1 atom stereocenters. The highest BCUT2D eigenvalue weighted by Gasteiger charge is 2.22. The van der Waals surface area contributed by atoms with Crippen molar-refractivity contribution in [2.24, 2.45) is 0 Å². The van der Waals surface area contributed by atoms with Crippen LogP contribution in [-0.4, -0.2) is 27.9 Å². The zero-order chi connectivity index (χ0) is 14.1. The summed E-state index contributed by atoms with van der Waals surface area (Å²) < 4.78 is 1.55. The lowest BCUT2D eigenvalue weighted by Gasteiger charge is -2.22. The Balaban J connectivity index is 2.08. The molecule has 5 nitrogen and oxygen atoms in total. The lowest BCUT2D eigenvalue weighted by Crippen LogP contribution is -2.31. The Kier molecular flexibility index (Phi) is 3.83. The second kappa shape index (κ2) is 5.60. The van der Waals surface area contributed by atoms with Crippen molar-refractivity contribution >= 4 is 23.2 Å². The van der Waals surface area contributed by atoms with Gasteiger partial charge >= 0.3 is 5.69 Å². The van der Waals surface area contributed by atoms with Crippen molar-refractivity contribution in [3.05, 3.63) is 44.6 Å². The first-order valence-corrected chi connectivity index (χ1v) is 7.25. The van der Waals surface area contributed by atoms with Gasteiger partial charge in [-0.05, 0) is 37.6 Å². The highest BCUT2D eigenvalue weighted by Crippen LogP contribution is 2.25. The Morgan fingerprint density at radius 1 is 1.25 bits per heavy atom. The molecule has 1 aromatic carbocycles. The molecule has 7 heteroatoms. The summed E-state index contributed by atoms with van der Waals surface area (Å²) in [4.78, 5) is 12.0. The number of hydrogen-bond acceptors (Lipinski definition) is 3. The van der Waals surface area contributed by atoms with Crippen molar-refractivity contribution < 1.29 is 0 Å². The highest BCUT2D eigenvalue weighted by atomic mass is 35.5. The zero-order valence-electron chi connectivity index (χ0n) is 10.7. The van der Waals surface area contributed by atoms with E-state index in [1.54, 1.807) is 22.8 Å². The first kappa shape index (κ1) is 13.7. The summed E-state index contributed by atoms with van der Waals surface area (Å²) in [7, 11) is 0. The zero-order valence-corrected chi connectivity index (χ0v) is 12.2. The summed E-state index contributed by atoms with van der Waals surface area (Å²) in [6.45, 7) is 1.83. The minimum Gasteiger partial charge on any atom is -0.316 e. The second-order valence-corrected chi connectivity index (χ2v) is 5.77. The Morgan fingerprint density at radius 3 is 2.65 bits per heavy atom. The standard InChI is InChI=1S/C13H14Cl2N4O/c14-9-4-10(15)6-11(5-9)19-12(17-18-13(19)20)8-2-1-3-16-7-8/h4-6,8,16H,1-3,7H2,(H,18,20). The van der Waals surface area contributed by atoms with Crippen LogP contribution in [0.25, 0.3) is 5.69 Å². The predicted molar refractivity (Wildman–Crippen MR) is 79.0 cm³/mol. The molecule has 1 fully saturated rings. The number of piperidine rings is 1. The molecule has 0 amide bonds. The Bertz CT molecular complexity index is 653. The SMILES string of the molecule is O=c1[nH]nc(C2CCCNC2)n1-c1cc(Cl)cc(Cl)c1. The molecular weight excluding hydrogens is 299 g/mol. The Labute approximate surface area is 125 Å². The third kappa shape index (κ3) is 2.61. The van der Waals surface area contributed by atoms with E-state index in [9.17, 15) is 4.79 Å². The van der Waals surface area contributed by atoms with E-state index in [0.29, 0.717) is 15.7 Å². The summed E-state index contributed by atoms with van der Waals surface area (Å²) >= 11 is 12.0. The molecule has 2 heterocycles. The van der Waals surface area contributed by atoms with Gasteiger partial charge in [-0.25, -0.2) is 14.5 Å². The van der Waals surface area contributed by atoms with Crippen LogP contribution in [0.1, 0.15) is 24.6 Å². The average Bonchev–Trinajstić information content (AvgIpc) is 2.80. The minimum atomic E-state index is -0.274. The Morgan fingerprint density at radius 2 is 2.00 bits per heavy atom. The molecule has 0 bridgehead atoms. The van der Waals surface area contributed by atoms with Crippen LogP contribution in [0, 0.1) is 0 Å².